The van der Waals surface area contributed by atoms with Crippen molar-refractivity contribution < 1.29 is 32.3 Å². The van der Waals surface area contributed by atoms with Gasteiger partial charge in [0.05, 0.1) is 16.2 Å². The van der Waals surface area contributed by atoms with Crippen molar-refractivity contribution in [3.63, 3.8) is 0 Å². The maximum Gasteiger partial charge on any atom is 0.416 e. The van der Waals surface area contributed by atoms with Crippen molar-refractivity contribution >= 4 is 29.2 Å². The first-order chi connectivity index (χ1) is 15.4. The van der Waals surface area contributed by atoms with Crippen molar-refractivity contribution in [2.45, 2.75) is 43.6 Å². The third-order valence-corrected chi connectivity index (χ3v) is 6.93. The van der Waals surface area contributed by atoms with E-state index in [0.717, 1.165) is 23.1 Å². The Hall–Kier alpha value is -2.72. The summed E-state index contributed by atoms with van der Waals surface area (Å²) in [5.41, 5.74) is -1.92. The van der Waals surface area contributed by atoms with Crippen LogP contribution in [-0.2, 0) is 22.3 Å². The molecule has 2 amide bonds. The maximum atomic E-state index is 14.5. The molecule has 1 N–H and O–H groups in total. The van der Waals surface area contributed by atoms with Gasteiger partial charge in [-0.15, -0.1) is 0 Å². The Morgan fingerprint density at radius 3 is 2.33 bits per heavy atom. The Balaban J connectivity index is 1.46. The highest BCUT2D eigenvalue weighted by molar-refractivity contribution is 6.30. The van der Waals surface area contributed by atoms with E-state index in [9.17, 15) is 32.3 Å². The zero-order chi connectivity index (χ0) is 23.8. The number of aromatic nitrogens is 1. The molecule has 33 heavy (non-hydrogen) atoms. The fraction of sp³-hybridized carbons (Fsp3) is 0.409. The number of aliphatic hydroxyl groups is 1. The monoisotopic (exact) mass is 483 g/mol. The molecule has 4 fully saturated rings. The first-order valence-electron chi connectivity index (χ1n) is 10.2. The van der Waals surface area contributed by atoms with Gasteiger partial charge in [-0.3, -0.25) is 14.5 Å². The zero-order valence-electron chi connectivity index (χ0n) is 17.1. The summed E-state index contributed by atoms with van der Waals surface area (Å²) in [6.07, 6.45) is -2.37. The first-order valence-corrected chi connectivity index (χ1v) is 10.6. The summed E-state index contributed by atoms with van der Waals surface area (Å²) < 4.78 is 53.2. The summed E-state index contributed by atoms with van der Waals surface area (Å²) >= 11 is 5.75. The Morgan fingerprint density at radius 2 is 1.79 bits per heavy atom. The van der Waals surface area contributed by atoms with E-state index in [-0.39, 0.29) is 17.4 Å². The summed E-state index contributed by atoms with van der Waals surface area (Å²) in [6.45, 7) is -0.556. The van der Waals surface area contributed by atoms with Gasteiger partial charge in [0.1, 0.15) is 12.6 Å². The van der Waals surface area contributed by atoms with Crippen LogP contribution in [0, 0.1) is 11.2 Å². The molecule has 2 heterocycles. The molecule has 1 aliphatic heterocycles. The molecule has 0 radical (unpaired) electrons. The van der Waals surface area contributed by atoms with Crippen molar-refractivity contribution in [1.82, 2.24) is 9.88 Å². The predicted octanol–water partition coefficient (Wildman–Crippen LogP) is 3.55. The molecule has 1 saturated heterocycles. The molecule has 1 aromatic carbocycles. The largest absolute Gasteiger partial charge is 0.416 e. The Morgan fingerprint density at radius 1 is 1.15 bits per heavy atom. The fourth-order valence-electron chi connectivity index (χ4n) is 5.38. The second kappa shape index (κ2) is 7.14. The van der Waals surface area contributed by atoms with Crippen molar-refractivity contribution in [3.05, 3.63) is 58.5 Å². The van der Waals surface area contributed by atoms with E-state index in [4.69, 9.17) is 11.6 Å². The van der Waals surface area contributed by atoms with E-state index in [1.165, 1.54) is 23.2 Å². The van der Waals surface area contributed by atoms with Crippen molar-refractivity contribution in [1.29, 1.82) is 0 Å². The van der Waals surface area contributed by atoms with Crippen molar-refractivity contribution in [2.24, 2.45) is 5.41 Å². The van der Waals surface area contributed by atoms with Crippen molar-refractivity contribution in [2.75, 3.05) is 11.4 Å². The van der Waals surface area contributed by atoms with E-state index in [2.05, 4.69) is 4.98 Å². The number of rotatable bonds is 4. The highest BCUT2D eigenvalue weighted by Gasteiger charge is 2.73. The number of hydrogen-bond acceptors (Lipinski definition) is 4. The molecule has 3 saturated carbocycles. The topological polar surface area (TPSA) is 73.7 Å². The highest BCUT2D eigenvalue weighted by atomic mass is 35.5. The van der Waals surface area contributed by atoms with Crippen LogP contribution in [0.4, 0.5) is 23.4 Å². The molecule has 2 aromatic rings. The lowest BCUT2D eigenvalue weighted by atomic mass is 9.38. The van der Waals surface area contributed by atoms with E-state index < -0.39 is 53.0 Å². The number of alkyl halides is 3. The third-order valence-electron chi connectivity index (χ3n) is 6.73. The van der Waals surface area contributed by atoms with E-state index in [1.807, 2.05) is 0 Å². The number of anilines is 1. The molecule has 3 aliphatic carbocycles. The number of carbonyl (C=O) groups is 2. The van der Waals surface area contributed by atoms with Crippen LogP contribution < -0.4 is 4.90 Å². The van der Waals surface area contributed by atoms with Crippen molar-refractivity contribution in [3.8, 4) is 0 Å². The van der Waals surface area contributed by atoms with Gasteiger partial charge in [0.25, 0.3) is 5.91 Å². The minimum Gasteiger partial charge on any atom is -0.390 e. The van der Waals surface area contributed by atoms with E-state index >= 15 is 0 Å². The summed E-state index contributed by atoms with van der Waals surface area (Å²) in [6, 6.07) is 4.37. The van der Waals surface area contributed by atoms with Crippen LogP contribution in [0.25, 0.3) is 0 Å². The van der Waals surface area contributed by atoms with Gasteiger partial charge in [-0.25, -0.2) is 9.37 Å². The van der Waals surface area contributed by atoms with Crippen LogP contribution >= 0.6 is 11.6 Å². The van der Waals surface area contributed by atoms with E-state index in [1.54, 1.807) is 0 Å². The number of amides is 2. The molecular weight excluding hydrogens is 466 g/mol. The number of pyridine rings is 1. The SMILES string of the molecule is O=C1[C@@H](C23CC(O)(C2)C3)N(Cc2ccc(C(F)(F)F)cc2)C(=O)CN1c1ncc(Cl)cc1F. The molecule has 0 spiro atoms. The highest BCUT2D eigenvalue weighted by Crippen LogP contribution is 2.70. The second-order valence-electron chi connectivity index (χ2n) is 9.12. The summed E-state index contributed by atoms with van der Waals surface area (Å²) in [4.78, 5) is 32.9. The molecule has 11 heteroatoms. The minimum atomic E-state index is -4.49. The molecule has 1 atom stereocenters. The van der Waals surface area contributed by atoms with Gasteiger partial charge in [0.2, 0.25) is 5.91 Å². The average Bonchev–Trinajstić information content (AvgIpc) is 2.68. The summed E-state index contributed by atoms with van der Waals surface area (Å²) in [7, 11) is 0. The Bertz CT molecular complexity index is 1130. The Kier molecular flexibility index (Phi) is 4.78. The molecule has 1 aromatic heterocycles. The molecule has 0 unspecified atom stereocenters. The number of nitrogens with zero attached hydrogens (tertiary/aromatic N) is 3. The number of halogens is 5. The van der Waals surface area contributed by atoms with Gasteiger partial charge < -0.3 is 10.0 Å². The van der Waals surface area contributed by atoms with Crippen LogP contribution in [0.5, 0.6) is 0 Å². The zero-order valence-corrected chi connectivity index (χ0v) is 17.8. The van der Waals surface area contributed by atoms with Crippen LogP contribution in [0.2, 0.25) is 5.02 Å². The number of piperazine rings is 1. The molecule has 4 aliphatic rings. The van der Waals surface area contributed by atoms with Gasteiger partial charge in [0, 0.05) is 18.2 Å². The van der Waals surface area contributed by atoms with Gasteiger partial charge in [-0.1, -0.05) is 23.7 Å². The fourth-order valence-corrected chi connectivity index (χ4v) is 5.53. The smallest absolute Gasteiger partial charge is 0.390 e. The Labute approximate surface area is 190 Å². The quantitative estimate of drug-likeness (QED) is 0.675. The molecule has 2 bridgehead atoms. The van der Waals surface area contributed by atoms with Crippen LogP contribution in [0.1, 0.15) is 30.4 Å². The van der Waals surface area contributed by atoms with Crippen LogP contribution in [0.3, 0.4) is 0 Å². The molecule has 174 valence electrons. The van der Waals surface area contributed by atoms with Gasteiger partial charge in [0.15, 0.2) is 11.6 Å². The third kappa shape index (κ3) is 3.56. The summed E-state index contributed by atoms with van der Waals surface area (Å²) in [5, 5.41) is 10.3. The van der Waals surface area contributed by atoms with Gasteiger partial charge in [-0.2, -0.15) is 13.2 Å². The number of benzene rings is 1. The lowest BCUT2D eigenvalue weighted by Crippen LogP contribution is -2.78. The van der Waals surface area contributed by atoms with Crippen LogP contribution in [-0.4, -0.2) is 45.0 Å². The predicted molar refractivity (Wildman–Crippen MR) is 109 cm³/mol. The minimum absolute atomic E-state index is 0.0363. The van der Waals surface area contributed by atoms with Gasteiger partial charge >= 0.3 is 6.18 Å². The first kappa shape index (κ1) is 22.1. The normalized spacial score (nSPS) is 29.1. The number of carbonyl (C=O) groups excluding carboxylic acids is 2. The maximum absolute atomic E-state index is 14.5. The van der Waals surface area contributed by atoms with Gasteiger partial charge in [-0.05, 0) is 43.0 Å². The van der Waals surface area contributed by atoms with Crippen LogP contribution in [0.15, 0.2) is 36.5 Å². The standard InChI is InChI=1S/C22H18ClF4N3O3/c23-14-5-15(24)18(28-6-14)30-8-16(31)29(7-12-1-3-13(4-2-12)22(25,26)27)17(19(30)32)20-9-21(33,10-20)11-20/h1-6,17,33H,7-11H2/t17-,20?,21?/m0/s1. The lowest BCUT2D eigenvalue weighted by molar-refractivity contribution is -0.280. The second-order valence-corrected chi connectivity index (χ2v) is 9.56. The lowest BCUT2D eigenvalue weighted by Gasteiger charge is -2.71. The van der Waals surface area contributed by atoms with E-state index in [0.29, 0.717) is 24.8 Å². The molecule has 6 rings (SSSR count). The molecular formula is C22H18ClF4N3O3. The summed E-state index contributed by atoms with van der Waals surface area (Å²) in [5.74, 6) is -2.21. The average molecular weight is 484 g/mol. The molecule has 6 nitrogen and oxygen atoms in total. The number of hydrogen-bond donors (Lipinski definition) is 1.